The van der Waals surface area contributed by atoms with Crippen LogP contribution in [0.2, 0.25) is 0 Å². The third-order valence-electron chi connectivity index (χ3n) is 3.81. The Kier molecular flexibility index (Phi) is 4.76. The van der Waals surface area contributed by atoms with E-state index in [4.69, 9.17) is 4.74 Å². The third kappa shape index (κ3) is 3.79. The fraction of sp³-hybridized carbons (Fsp3) is 0.222. The van der Waals surface area contributed by atoms with Crippen LogP contribution >= 0.6 is 15.9 Å². The highest BCUT2D eigenvalue weighted by Gasteiger charge is 2.37. The predicted octanol–water partition coefficient (Wildman–Crippen LogP) is 3.58. The zero-order valence-corrected chi connectivity index (χ0v) is 14.0. The van der Waals surface area contributed by atoms with Gasteiger partial charge in [-0.15, -0.1) is 0 Å². The zero-order valence-electron chi connectivity index (χ0n) is 12.4. The van der Waals surface area contributed by atoms with Crippen molar-refractivity contribution < 1.29 is 14.3 Å². The van der Waals surface area contributed by atoms with Gasteiger partial charge in [-0.2, -0.15) is 0 Å². The van der Waals surface area contributed by atoms with Crippen molar-refractivity contribution in [1.29, 1.82) is 0 Å². The van der Waals surface area contributed by atoms with Crippen LogP contribution in [0.3, 0.4) is 0 Å². The molecule has 1 saturated heterocycles. The average molecular weight is 374 g/mol. The molecule has 1 aliphatic heterocycles. The summed E-state index contributed by atoms with van der Waals surface area (Å²) in [6.45, 7) is 0.250. The number of nitrogens with zero attached hydrogens (tertiary/aromatic N) is 1. The summed E-state index contributed by atoms with van der Waals surface area (Å²) in [5.41, 5.74) is 1.95. The largest absolute Gasteiger partial charge is 0.447 e. The van der Waals surface area contributed by atoms with Crippen molar-refractivity contribution in [3.8, 4) is 0 Å². The van der Waals surface area contributed by atoms with Gasteiger partial charge in [-0.1, -0.05) is 58.4 Å². The highest BCUT2D eigenvalue weighted by molar-refractivity contribution is 9.10. The van der Waals surface area contributed by atoms with Crippen molar-refractivity contribution in [2.75, 3.05) is 6.61 Å². The van der Waals surface area contributed by atoms with Crippen LogP contribution in [0.4, 0.5) is 4.79 Å². The van der Waals surface area contributed by atoms with Gasteiger partial charge in [-0.3, -0.25) is 4.79 Å². The van der Waals surface area contributed by atoms with Crippen molar-refractivity contribution in [1.82, 2.24) is 4.90 Å². The molecule has 2 aromatic rings. The Morgan fingerprint density at radius 2 is 1.78 bits per heavy atom. The van der Waals surface area contributed by atoms with Crippen LogP contribution in [0.25, 0.3) is 0 Å². The lowest BCUT2D eigenvalue weighted by Gasteiger charge is -2.19. The van der Waals surface area contributed by atoms with Crippen LogP contribution < -0.4 is 0 Å². The number of imide groups is 1. The molecule has 0 unspecified atom stereocenters. The van der Waals surface area contributed by atoms with E-state index in [1.807, 2.05) is 54.6 Å². The number of benzene rings is 2. The summed E-state index contributed by atoms with van der Waals surface area (Å²) in [6.07, 6.45) is 0.250. The Bertz CT molecular complexity index is 700. The van der Waals surface area contributed by atoms with Crippen molar-refractivity contribution in [3.05, 3.63) is 70.2 Å². The van der Waals surface area contributed by atoms with E-state index in [-0.39, 0.29) is 25.0 Å². The summed E-state index contributed by atoms with van der Waals surface area (Å²) in [5.74, 6) is -0.226. The van der Waals surface area contributed by atoms with Crippen LogP contribution in [0.15, 0.2) is 59.1 Å². The van der Waals surface area contributed by atoms with E-state index in [0.717, 1.165) is 15.6 Å². The summed E-state index contributed by atoms with van der Waals surface area (Å²) in [7, 11) is 0. The minimum absolute atomic E-state index is 0.188. The van der Waals surface area contributed by atoms with Crippen LogP contribution in [0.1, 0.15) is 11.1 Å². The van der Waals surface area contributed by atoms with Gasteiger partial charge in [0, 0.05) is 4.47 Å². The van der Waals surface area contributed by atoms with Gasteiger partial charge in [0.1, 0.15) is 6.61 Å². The summed E-state index contributed by atoms with van der Waals surface area (Å²) in [4.78, 5) is 25.7. The van der Waals surface area contributed by atoms with Gasteiger partial charge >= 0.3 is 6.09 Å². The highest BCUT2D eigenvalue weighted by atomic mass is 79.9. The van der Waals surface area contributed by atoms with Gasteiger partial charge in [-0.05, 0) is 29.7 Å². The highest BCUT2D eigenvalue weighted by Crippen LogP contribution is 2.19. The van der Waals surface area contributed by atoms with Crippen LogP contribution in [-0.2, 0) is 22.4 Å². The SMILES string of the molecule is O=C(Cc1ccc(Br)cc1)N1C(=O)OC[C@@H]1Cc1ccccc1. The van der Waals surface area contributed by atoms with Gasteiger partial charge in [0.25, 0.3) is 0 Å². The van der Waals surface area contributed by atoms with Crippen molar-refractivity contribution >= 4 is 27.9 Å². The van der Waals surface area contributed by atoms with Crippen LogP contribution in [0, 0.1) is 0 Å². The number of amides is 2. The van der Waals surface area contributed by atoms with Gasteiger partial charge in [0.05, 0.1) is 12.5 Å². The lowest BCUT2D eigenvalue weighted by atomic mass is 10.0. The second-order valence-corrected chi connectivity index (χ2v) is 6.40. The molecular weight excluding hydrogens is 358 g/mol. The molecule has 2 amide bonds. The quantitative estimate of drug-likeness (QED) is 0.822. The monoisotopic (exact) mass is 373 g/mol. The number of carbonyl (C=O) groups is 2. The molecule has 118 valence electrons. The molecule has 4 nitrogen and oxygen atoms in total. The zero-order chi connectivity index (χ0) is 16.2. The Morgan fingerprint density at radius 1 is 1.09 bits per heavy atom. The minimum Gasteiger partial charge on any atom is -0.447 e. The maximum atomic E-state index is 12.5. The molecule has 0 N–H and O–H groups in total. The molecule has 1 aliphatic rings. The molecule has 0 spiro atoms. The Balaban J connectivity index is 1.71. The number of hydrogen-bond acceptors (Lipinski definition) is 3. The normalized spacial score (nSPS) is 17.2. The first kappa shape index (κ1) is 15.7. The number of halogens is 1. The summed E-state index contributed by atoms with van der Waals surface area (Å²) < 4.78 is 6.04. The maximum absolute atomic E-state index is 12.5. The van der Waals surface area contributed by atoms with Gasteiger partial charge in [0.2, 0.25) is 5.91 Å². The molecule has 0 aromatic heterocycles. The number of carbonyl (C=O) groups excluding carboxylic acids is 2. The van der Waals surface area contributed by atoms with E-state index in [1.54, 1.807) is 0 Å². The molecule has 1 fully saturated rings. The summed E-state index contributed by atoms with van der Waals surface area (Å²) in [6, 6.07) is 17.1. The molecule has 0 radical (unpaired) electrons. The molecule has 0 aliphatic carbocycles. The second kappa shape index (κ2) is 6.96. The number of ether oxygens (including phenoxy) is 1. The first-order valence-corrected chi connectivity index (χ1v) is 8.20. The van der Waals surface area contributed by atoms with Gasteiger partial charge < -0.3 is 4.74 Å². The predicted molar refractivity (Wildman–Crippen MR) is 90.0 cm³/mol. The van der Waals surface area contributed by atoms with Gasteiger partial charge in [0.15, 0.2) is 0 Å². The van der Waals surface area contributed by atoms with Crippen molar-refractivity contribution in [2.45, 2.75) is 18.9 Å². The summed E-state index contributed by atoms with van der Waals surface area (Å²) in [5, 5.41) is 0. The first-order chi connectivity index (χ1) is 11.1. The summed E-state index contributed by atoms with van der Waals surface area (Å²) >= 11 is 3.36. The lowest BCUT2D eigenvalue weighted by molar-refractivity contribution is -0.128. The standard InChI is InChI=1S/C18H16BrNO3/c19-15-8-6-14(7-9-15)11-17(21)20-16(12-23-18(20)22)10-13-4-2-1-3-5-13/h1-9,16H,10-12H2/t16-/m0/s1. The van der Waals surface area contributed by atoms with E-state index < -0.39 is 6.09 Å². The Hall–Kier alpha value is -2.14. The third-order valence-corrected chi connectivity index (χ3v) is 4.34. The molecule has 1 atom stereocenters. The smallest absolute Gasteiger partial charge is 0.416 e. The van der Waals surface area contributed by atoms with E-state index in [9.17, 15) is 9.59 Å². The second-order valence-electron chi connectivity index (χ2n) is 5.49. The van der Waals surface area contributed by atoms with Crippen molar-refractivity contribution in [2.24, 2.45) is 0 Å². The molecular formula is C18H16BrNO3. The molecule has 3 rings (SSSR count). The molecule has 0 bridgehead atoms. The molecule has 1 heterocycles. The minimum atomic E-state index is -0.548. The van der Waals surface area contributed by atoms with Crippen molar-refractivity contribution in [3.63, 3.8) is 0 Å². The molecule has 0 saturated carbocycles. The topological polar surface area (TPSA) is 46.6 Å². The van der Waals surface area contributed by atoms with Gasteiger partial charge in [-0.25, -0.2) is 9.69 Å². The Morgan fingerprint density at radius 3 is 2.48 bits per heavy atom. The number of hydrogen-bond donors (Lipinski definition) is 0. The van der Waals surface area contributed by atoms with E-state index in [2.05, 4.69) is 15.9 Å². The number of rotatable bonds is 4. The lowest BCUT2D eigenvalue weighted by Crippen LogP contribution is -2.41. The van der Waals surface area contributed by atoms with E-state index in [1.165, 1.54) is 4.90 Å². The Labute approximate surface area is 143 Å². The number of cyclic esters (lactones) is 1. The average Bonchev–Trinajstić information content (AvgIpc) is 2.91. The van der Waals surface area contributed by atoms with Crippen LogP contribution in [0.5, 0.6) is 0 Å². The maximum Gasteiger partial charge on any atom is 0.416 e. The molecule has 5 heteroatoms. The molecule has 23 heavy (non-hydrogen) atoms. The first-order valence-electron chi connectivity index (χ1n) is 7.40. The van der Waals surface area contributed by atoms with E-state index >= 15 is 0 Å². The molecule has 2 aromatic carbocycles. The van der Waals surface area contributed by atoms with E-state index in [0.29, 0.717) is 6.42 Å². The fourth-order valence-corrected chi connectivity index (χ4v) is 2.93. The fourth-order valence-electron chi connectivity index (χ4n) is 2.66. The van der Waals surface area contributed by atoms with Crippen LogP contribution in [-0.4, -0.2) is 29.5 Å².